The lowest BCUT2D eigenvalue weighted by Crippen LogP contribution is -2.14. The SMILES string of the molecule is CC1(C)c2ccccc2-c2c(-c3c4ccccc4c(-c4ncncn4)c4ccc(-c5ccccc5)cc34)cccc21. The largest absolute Gasteiger partial charge is 0.225 e. The van der Waals surface area contributed by atoms with E-state index < -0.39 is 0 Å². The second kappa shape index (κ2) is 8.94. The third-order valence-electron chi connectivity index (χ3n) is 8.72. The van der Waals surface area contributed by atoms with Gasteiger partial charge in [0.2, 0.25) is 0 Å². The number of nitrogens with zero attached hydrogens (tertiary/aromatic N) is 3. The summed E-state index contributed by atoms with van der Waals surface area (Å²) in [6.45, 7) is 4.68. The van der Waals surface area contributed by atoms with Gasteiger partial charge in [0.05, 0.1) is 0 Å². The molecular formula is C38H27N3. The van der Waals surface area contributed by atoms with Crippen molar-refractivity contribution in [3.63, 3.8) is 0 Å². The van der Waals surface area contributed by atoms with Gasteiger partial charge in [-0.25, -0.2) is 15.0 Å². The fourth-order valence-corrected chi connectivity index (χ4v) is 6.85. The molecule has 1 aromatic heterocycles. The molecule has 0 N–H and O–H groups in total. The molecule has 6 aromatic carbocycles. The summed E-state index contributed by atoms with van der Waals surface area (Å²) in [5.41, 5.74) is 11.2. The van der Waals surface area contributed by atoms with Crippen molar-refractivity contribution in [3.8, 4) is 44.8 Å². The predicted molar refractivity (Wildman–Crippen MR) is 169 cm³/mol. The number of aromatic nitrogens is 3. The smallest absolute Gasteiger partial charge is 0.163 e. The zero-order chi connectivity index (χ0) is 27.6. The van der Waals surface area contributed by atoms with Gasteiger partial charge in [0.15, 0.2) is 5.82 Å². The molecule has 0 unspecified atom stereocenters. The summed E-state index contributed by atoms with van der Waals surface area (Å²) in [7, 11) is 0. The van der Waals surface area contributed by atoms with Crippen molar-refractivity contribution in [1.82, 2.24) is 15.0 Å². The first-order valence-electron chi connectivity index (χ1n) is 14.0. The standard InChI is InChI=1S/C38H27N3/c1-38(2)32-17-9-8-15-29(32)35-30(16-10-18-33(35)38)34-26-13-6-7-14-27(26)36(37-40-22-39-23-41-37)28-20-19-25(21-31(28)34)24-11-4-3-5-12-24/h3-23H,1-2H3. The van der Waals surface area contributed by atoms with Crippen LogP contribution in [-0.2, 0) is 5.41 Å². The van der Waals surface area contributed by atoms with Gasteiger partial charge in [-0.2, -0.15) is 0 Å². The quantitative estimate of drug-likeness (QED) is 0.216. The fourth-order valence-electron chi connectivity index (χ4n) is 6.85. The predicted octanol–water partition coefficient (Wildman–Crippen LogP) is 9.49. The fraction of sp³-hybridized carbons (Fsp3) is 0.0789. The molecule has 0 amide bonds. The molecule has 0 spiro atoms. The van der Waals surface area contributed by atoms with Crippen LogP contribution in [0.15, 0.2) is 128 Å². The molecule has 7 aromatic rings. The minimum Gasteiger partial charge on any atom is -0.225 e. The molecule has 1 aliphatic carbocycles. The Hall–Kier alpha value is -5.15. The van der Waals surface area contributed by atoms with E-state index in [-0.39, 0.29) is 5.41 Å². The Morgan fingerprint density at radius 3 is 1.90 bits per heavy atom. The van der Waals surface area contributed by atoms with E-state index in [2.05, 4.69) is 144 Å². The van der Waals surface area contributed by atoms with Crippen LogP contribution in [0.25, 0.3) is 66.3 Å². The number of hydrogen-bond donors (Lipinski definition) is 0. The second-order valence-electron chi connectivity index (χ2n) is 11.3. The van der Waals surface area contributed by atoms with E-state index in [1.165, 1.54) is 55.3 Å². The summed E-state index contributed by atoms with van der Waals surface area (Å²) < 4.78 is 0. The van der Waals surface area contributed by atoms with Gasteiger partial charge >= 0.3 is 0 Å². The molecule has 0 bridgehead atoms. The maximum absolute atomic E-state index is 4.62. The van der Waals surface area contributed by atoms with Crippen molar-refractivity contribution in [3.05, 3.63) is 139 Å². The highest BCUT2D eigenvalue weighted by molar-refractivity contribution is 6.22. The highest BCUT2D eigenvalue weighted by Crippen LogP contribution is 2.54. The maximum atomic E-state index is 4.62. The van der Waals surface area contributed by atoms with Gasteiger partial charge in [0.1, 0.15) is 12.7 Å². The monoisotopic (exact) mass is 525 g/mol. The van der Waals surface area contributed by atoms with Crippen molar-refractivity contribution in [2.45, 2.75) is 19.3 Å². The van der Waals surface area contributed by atoms with Crippen LogP contribution in [0, 0.1) is 0 Å². The van der Waals surface area contributed by atoms with Crippen LogP contribution < -0.4 is 0 Å². The molecule has 1 heterocycles. The van der Waals surface area contributed by atoms with Crippen LogP contribution in [0.4, 0.5) is 0 Å². The van der Waals surface area contributed by atoms with Crippen LogP contribution in [-0.4, -0.2) is 15.0 Å². The highest BCUT2D eigenvalue weighted by Gasteiger charge is 2.37. The van der Waals surface area contributed by atoms with Gasteiger partial charge in [-0.3, -0.25) is 0 Å². The summed E-state index contributed by atoms with van der Waals surface area (Å²) in [4.78, 5) is 13.3. The van der Waals surface area contributed by atoms with E-state index in [4.69, 9.17) is 0 Å². The van der Waals surface area contributed by atoms with Gasteiger partial charge in [-0.15, -0.1) is 0 Å². The third-order valence-corrected chi connectivity index (χ3v) is 8.72. The first kappa shape index (κ1) is 23.7. The minimum atomic E-state index is -0.0758. The van der Waals surface area contributed by atoms with Crippen LogP contribution in [0.3, 0.4) is 0 Å². The number of rotatable bonds is 3. The topological polar surface area (TPSA) is 38.7 Å². The molecule has 1 aliphatic rings. The van der Waals surface area contributed by atoms with E-state index in [0.29, 0.717) is 5.82 Å². The molecule has 0 aliphatic heterocycles. The molecule has 0 radical (unpaired) electrons. The third kappa shape index (κ3) is 3.49. The molecule has 3 nitrogen and oxygen atoms in total. The first-order chi connectivity index (χ1) is 20.1. The summed E-state index contributed by atoms with van der Waals surface area (Å²) >= 11 is 0. The Morgan fingerprint density at radius 1 is 0.463 bits per heavy atom. The molecule has 0 atom stereocenters. The lowest BCUT2D eigenvalue weighted by molar-refractivity contribution is 0.660. The van der Waals surface area contributed by atoms with Gasteiger partial charge in [0, 0.05) is 11.0 Å². The van der Waals surface area contributed by atoms with Gasteiger partial charge in [-0.05, 0) is 72.1 Å². The summed E-state index contributed by atoms with van der Waals surface area (Å²) in [5.74, 6) is 0.685. The Labute approximate surface area is 239 Å². The second-order valence-corrected chi connectivity index (χ2v) is 11.3. The van der Waals surface area contributed by atoms with E-state index >= 15 is 0 Å². The van der Waals surface area contributed by atoms with Crippen LogP contribution in [0.5, 0.6) is 0 Å². The van der Waals surface area contributed by atoms with E-state index in [1.54, 1.807) is 12.7 Å². The van der Waals surface area contributed by atoms with Crippen molar-refractivity contribution >= 4 is 21.5 Å². The summed E-state index contributed by atoms with van der Waals surface area (Å²) in [6, 6.07) is 41.8. The lowest BCUT2D eigenvalue weighted by atomic mass is 9.81. The molecule has 0 saturated heterocycles. The van der Waals surface area contributed by atoms with Crippen molar-refractivity contribution < 1.29 is 0 Å². The van der Waals surface area contributed by atoms with E-state index in [0.717, 1.165) is 16.3 Å². The average molecular weight is 526 g/mol. The zero-order valence-electron chi connectivity index (χ0n) is 23.0. The van der Waals surface area contributed by atoms with Crippen molar-refractivity contribution in [2.75, 3.05) is 0 Å². The number of hydrogen-bond acceptors (Lipinski definition) is 3. The lowest BCUT2D eigenvalue weighted by Gasteiger charge is -2.22. The highest BCUT2D eigenvalue weighted by atomic mass is 15.0. The molecule has 0 saturated carbocycles. The van der Waals surface area contributed by atoms with Gasteiger partial charge in [0.25, 0.3) is 0 Å². The number of fused-ring (bicyclic) bond motifs is 5. The molecular weight excluding hydrogens is 498 g/mol. The molecule has 3 heteroatoms. The normalized spacial score (nSPS) is 13.3. The molecule has 194 valence electrons. The average Bonchev–Trinajstić information content (AvgIpc) is 3.27. The van der Waals surface area contributed by atoms with Gasteiger partial charge < -0.3 is 0 Å². The molecule has 0 fully saturated rings. The Kier molecular flexibility index (Phi) is 5.17. The van der Waals surface area contributed by atoms with Crippen LogP contribution in [0.2, 0.25) is 0 Å². The Morgan fingerprint density at radius 2 is 1.10 bits per heavy atom. The molecule has 41 heavy (non-hydrogen) atoms. The Balaban J connectivity index is 1.56. The van der Waals surface area contributed by atoms with Crippen molar-refractivity contribution in [1.29, 1.82) is 0 Å². The van der Waals surface area contributed by atoms with Crippen molar-refractivity contribution in [2.24, 2.45) is 0 Å². The zero-order valence-corrected chi connectivity index (χ0v) is 23.0. The van der Waals surface area contributed by atoms with E-state index in [9.17, 15) is 0 Å². The first-order valence-corrected chi connectivity index (χ1v) is 14.0. The van der Waals surface area contributed by atoms with E-state index in [1.807, 2.05) is 0 Å². The van der Waals surface area contributed by atoms with Crippen LogP contribution >= 0.6 is 0 Å². The van der Waals surface area contributed by atoms with Gasteiger partial charge in [-0.1, -0.05) is 123 Å². The Bertz CT molecular complexity index is 2110. The number of benzene rings is 6. The maximum Gasteiger partial charge on any atom is 0.163 e. The molecule has 8 rings (SSSR count). The summed E-state index contributed by atoms with van der Waals surface area (Å²) in [5, 5.41) is 4.65. The summed E-state index contributed by atoms with van der Waals surface area (Å²) in [6.07, 6.45) is 3.16. The minimum absolute atomic E-state index is 0.0758. The van der Waals surface area contributed by atoms with Crippen LogP contribution in [0.1, 0.15) is 25.0 Å².